The molecule has 0 rings (SSSR count). The third kappa shape index (κ3) is 6.17. The smallest absolute Gasteiger partial charge is 0.296 e. The van der Waals surface area contributed by atoms with Crippen LogP contribution in [0.1, 0.15) is 13.8 Å². The van der Waals surface area contributed by atoms with Gasteiger partial charge < -0.3 is 0 Å². The number of nitrogens with one attached hydrogen (secondary N) is 1. The molecule has 1 N–H and O–H groups in total. The highest BCUT2D eigenvalue weighted by Gasteiger charge is 2.27. The molecule has 0 aromatic rings. The maximum Gasteiger partial charge on any atom is 0.418 e. The molecular weight excluding hydrogens is 217 g/mol. The molecule has 0 saturated carbocycles. The van der Waals surface area contributed by atoms with Gasteiger partial charge in [0, 0.05) is 0 Å². The minimum atomic E-state index is -3.68. The van der Waals surface area contributed by atoms with Crippen molar-refractivity contribution in [2.75, 3.05) is 19.5 Å². The summed E-state index contributed by atoms with van der Waals surface area (Å²) in [5.41, 5.74) is 0. The van der Waals surface area contributed by atoms with Gasteiger partial charge >= 0.3 is 7.75 Å². The molecular formula is C5H14NO5PS. The van der Waals surface area contributed by atoms with Crippen LogP contribution in [0.25, 0.3) is 0 Å². The van der Waals surface area contributed by atoms with Crippen LogP contribution < -0.4 is 4.49 Å². The van der Waals surface area contributed by atoms with Gasteiger partial charge in [-0.1, -0.05) is 0 Å². The fourth-order valence-corrected chi connectivity index (χ4v) is 3.43. The Bertz CT molecular complexity index is 277. The monoisotopic (exact) mass is 231 g/mol. The van der Waals surface area contributed by atoms with Crippen LogP contribution >= 0.6 is 7.75 Å². The molecule has 0 fully saturated rings. The zero-order valence-electron chi connectivity index (χ0n) is 7.81. The molecule has 0 aromatic carbocycles. The van der Waals surface area contributed by atoms with E-state index >= 15 is 0 Å². The van der Waals surface area contributed by atoms with Gasteiger partial charge in [0.25, 0.3) is 0 Å². The topological polar surface area (TPSA) is 81.7 Å². The fraction of sp³-hybridized carbons (Fsp3) is 1.00. The molecule has 0 unspecified atom stereocenters. The molecule has 0 amide bonds. The lowest BCUT2D eigenvalue weighted by Gasteiger charge is -2.15. The predicted molar refractivity (Wildman–Crippen MR) is 48.8 cm³/mol. The molecule has 0 spiro atoms. The first-order valence-electron chi connectivity index (χ1n) is 3.71. The second kappa shape index (κ2) is 5.07. The molecule has 13 heavy (non-hydrogen) atoms. The van der Waals surface area contributed by atoms with Crippen molar-refractivity contribution in [3.63, 3.8) is 0 Å². The molecule has 0 aliphatic rings. The minimum absolute atomic E-state index is 0.111. The first kappa shape index (κ1) is 13.1. The molecule has 80 valence electrons. The van der Waals surface area contributed by atoms with Crippen molar-refractivity contribution < 1.29 is 22.0 Å². The number of hydrogen-bond donors (Lipinski definition) is 1. The lowest BCUT2D eigenvalue weighted by Crippen LogP contribution is -2.21. The molecule has 8 heteroatoms. The van der Waals surface area contributed by atoms with Gasteiger partial charge in [-0.3, -0.25) is 9.05 Å². The van der Waals surface area contributed by atoms with E-state index < -0.39 is 17.8 Å². The predicted octanol–water partition coefficient (Wildman–Crippen LogP) is 0.717. The van der Waals surface area contributed by atoms with E-state index in [0.717, 1.165) is 6.26 Å². The van der Waals surface area contributed by atoms with Crippen molar-refractivity contribution in [1.29, 1.82) is 0 Å². The summed E-state index contributed by atoms with van der Waals surface area (Å²) in [7, 11) is -7.27. The Balaban J connectivity index is 4.51. The minimum Gasteiger partial charge on any atom is -0.296 e. The van der Waals surface area contributed by atoms with Crippen molar-refractivity contribution >= 4 is 17.8 Å². The lowest BCUT2D eigenvalue weighted by molar-refractivity contribution is 0.217. The van der Waals surface area contributed by atoms with E-state index in [4.69, 9.17) is 0 Å². The summed E-state index contributed by atoms with van der Waals surface area (Å²) in [4.78, 5) is 0. The van der Waals surface area contributed by atoms with Gasteiger partial charge in [0.05, 0.1) is 19.5 Å². The third-order valence-electron chi connectivity index (χ3n) is 0.876. The standard InChI is InChI=1S/C5H14NO5PS/c1-4-10-12(7,11-5-2)6-13(3,8)9/h4-5H2,1-3H3,(H,6,7). The van der Waals surface area contributed by atoms with Gasteiger partial charge in [-0.2, -0.15) is 0 Å². The summed E-state index contributed by atoms with van der Waals surface area (Å²) in [6, 6.07) is 0. The summed E-state index contributed by atoms with van der Waals surface area (Å²) in [6.07, 6.45) is 0.887. The van der Waals surface area contributed by atoms with Gasteiger partial charge in [-0.25, -0.2) is 13.0 Å². The van der Waals surface area contributed by atoms with E-state index in [1.165, 1.54) is 0 Å². The molecule has 0 atom stereocenters. The van der Waals surface area contributed by atoms with E-state index in [2.05, 4.69) is 9.05 Å². The maximum atomic E-state index is 11.5. The number of sulfonamides is 1. The van der Waals surface area contributed by atoms with Gasteiger partial charge in [0.15, 0.2) is 0 Å². The molecule has 0 heterocycles. The third-order valence-corrected chi connectivity index (χ3v) is 4.29. The van der Waals surface area contributed by atoms with Crippen LogP contribution in [0, 0.1) is 0 Å². The number of rotatable bonds is 6. The van der Waals surface area contributed by atoms with Crippen LogP contribution in [0.5, 0.6) is 0 Å². The van der Waals surface area contributed by atoms with Gasteiger partial charge in [0.2, 0.25) is 10.0 Å². The second-order valence-corrected chi connectivity index (χ2v) is 5.98. The van der Waals surface area contributed by atoms with Crippen LogP contribution in [0.15, 0.2) is 0 Å². The van der Waals surface area contributed by atoms with Crippen LogP contribution in [0.2, 0.25) is 0 Å². The Kier molecular flexibility index (Phi) is 5.09. The summed E-state index contributed by atoms with van der Waals surface area (Å²) >= 11 is 0. The zero-order chi connectivity index (χ0) is 10.5. The van der Waals surface area contributed by atoms with E-state index in [1.54, 1.807) is 13.8 Å². The number of hydrogen-bond acceptors (Lipinski definition) is 5. The summed E-state index contributed by atoms with van der Waals surface area (Å²) in [6.45, 7) is 3.41. The Morgan fingerprint density at radius 3 is 1.85 bits per heavy atom. The molecule has 0 saturated heterocycles. The Labute approximate surface area is 78.3 Å². The summed E-state index contributed by atoms with van der Waals surface area (Å²) in [5.74, 6) is 0. The van der Waals surface area contributed by atoms with Gasteiger partial charge in [0.1, 0.15) is 0 Å². The van der Waals surface area contributed by atoms with Crippen LogP contribution in [-0.2, 0) is 23.6 Å². The van der Waals surface area contributed by atoms with Crippen molar-refractivity contribution in [2.24, 2.45) is 0 Å². The average Bonchev–Trinajstić information content (AvgIpc) is 1.82. The summed E-state index contributed by atoms with van der Waals surface area (Å²) < 4.78 is 44.2. The highest BCUT2D eigenvalue weighted by molar-refractivity contribution is 7.94. The first-order valence-corrected chi connectivity index (χ1v) is 7.14. The normalized spacial score (nSPS) is 13.2. The maximum absolute atomic E-state index is 11.5. The average molecular weight is 231 g/mol. The first-order chi connectivity index (χ1) is 5.83. The van der Waals surface area contributed by atoms with Crippen molar-refractivity contribution in [3.8, 4) is 0 Å². The highest BCUT2D eigenvalue weighted by Crippen LogP contribution is 2.43. The summed E-state index contributed by atoms with van der Waals surface area (Å²) in [5, 5.41) is 0. The Morgan fingerprint density at radius 1 is 1.23 bits per heavy atom. The van der Waals surface area contributed by atoms with Crippen molar-refractivity contribution in [3.05, 3.63) is 0 Å². The van der Waals surface area contributed by atoms with Gasteiger partial charge in [-0.05, 0) is 13.8 Å². The van der Waals surface area contributed by atoms with E-state index in [1.807, 2.05) is 4.49 Å². The molecule has 0 aromatic heterocycles. The van der Waals surface area contributed by atoms with Gasteiger partial charge in [-0.15, -0.1) is 4.49 Å². The molecule has 0 aliphatic heterocycles. The Hall–Kier alpha value is 0.0600. The van der Waals surface area contributed by atoms with Crippen LogP contribution in [-0.4, -0.2) is 27.9 Å². The van der Waals surface area contributed by atoms with E-state index in [9.17, 15) is 13.0 Å². The quantitative estimate of drug-likeness (QED) is 0.681. The molecule has 0 aliphatic carbocycles. The van der Waals surface area contributed by atoms with E-state index in [0.29, 0.717) is 0 Å². The largest absolute Gasteiger partial charge is 0.418 e. The molecule has 6 nitrogen and oxygen atoms in total. The van der Waals surface area contributed by atoms with Crippen molar-refractivity contribution in [2.45, 2.75) is 13.8 Å². The van der Waals surface area contributed by atoms with E-state index in [-0.39, 0.29) is 13.2 Å². The highest BCUT2D eigenvalue weighted by atomic mass is 32.2. The lowest BCUT2D eigenvalue weighted by atomic mass is 10.9. The van der Waals surface area contributed by atoms with Crippen LogP contribution in [0.4, 0.5) is 0 Å². The van der Waals surface area contributed by atoms with Crippen LogP contribution in [0.3, 0.4) is 0 Å². The molecule has 0 radical (unpaired) electrons. The van der Waals surface area contributed by atoms with Crippen molar-refractivity contribution in [1.82, 2.24) is 4.49 Å². The fourth-order valence-electron chi connectivity index (χ4n) is 0.633. The Morgan fingerprint density at radius 2 is 1.62 bits per heavy atom. The second-order valence-electron chi connectivity index (χ2n) is 2.20. The SMILES string of the molecule is CCOP(=O)(NS(C)(=O)=O)OCC. The zero-order valence-corrected chi connectivity index (χ0v) is 9.52. The molecule has 0 bridgehead atoms.